The van der Waals surface area contributed by atoms with Crippen LogP contribution >= 0.6 is 12.2 Å². The molecular formula is C11H21N5S. The van der Waals surface area contributed by atoms with Crippen molar-refractivity contribution in [3.8, 4) is 0 Å². The molecule has 6 heteroatoms. The van der Waals surface area contributed by atoms with Crippen LogP contribution in [0.4, 0.5) is 0 Å². The molecule has 0 bridgehead atoms. The summed E-state index contributed by atoms with van der Waals surface area (Å²) in [7, 11) is 0. The second-order valence-corrected chi connectivity index (χ2v) is 4.61. The zero-order valence-corrected chi connectivity index (χ0v) is 11.6. The third-order valence-electron chi connectivity index (χ3n) is 2.62. The molecule has 0 spiro atoms. The molecule has 1 heterocycles. The van der Waals surface area contributed by atoms with Gasteiger partial charge in [-0.15, -0.1) is 5.10 Å². The van der Waals surface area contributed by atoms with Gasteiger partial charge in [-0.1, -0.05) is 32.5 Å². The van der Waals surface area contributed by atoms with Crippen LogP contribution in [0.1, 0.15) is 39.4 Å². The van der Waals surface area contributed by atoms with Gasteiger partial charge in [-0.2, -0.15) is 0 Å². The van der Waals surface area contributed by atoms with Crippen molar-refractivity contribution in [2.45, 2.75) is 46.6 Å². The van der Waals surface area contributed by atoms with Crippen molar-refractivity contribution >= 4 is 17.2 Å². The summed E-state index contributed by atoms with van der Waals surface area (Å²) in [5.41, 5.74) is 0. The molecule has 5 nitrogen and oxygen atoms in total. The first kappa shape index (κ1) is 14.0. The van der Waals surface area contributed by atoms with Gasteiger partial charge in [0.25, 0.3) is 0 Å². The Hall–Kier alpha value is -1.04. The molecule has 0 aliphatic heterocycles. The zero-order chi connectivity index (χ0) is 12.7. The number of nitrogens with one attached hydrogen (secondary N) is 1. The average Bonchev–Trinajstić information content (AvgIpc) is 2.74. The molecule has 0 aliphatic rings. The Morgan fingerprint density at radius 3 is 2.88 bits per heavy atom. The maximum absolute atomic E-state index is 5.29. The first-order chi connectivity index (χ1) is 8.19. The molecule has 0 saturated heterocycles. The normalized spacial score (nSPS) is 12.4. The third-order valence-corrected chi connectivity index (χ3v) is 3.16. The first-order valence-electron chi connectivity index (χ1n) is 6.21. The molecule has 0 amide bonds. The molecule has 0 saturated carbocycles. The lowest BCUT2D eigenvalue weighted by Crippen LogP contribution is -2.29. The smallest absolute Gasteiger partial charge is 0.151 e. The van der Waals surface area contributed by atoms with E-state index in [-0.39, 0.29) is 5.92 Å². The van der Waals surface area contributed by atoms with Crippen molar-refractivity contribution in [2.24, 2.45) is 5.92 Å². The summed E-state index contributed by atoms with van der Waals surface area (Å²) in [5, 5.41) is 15.0. The molecule has 96 valence electrons. The van der Waals surface area contributed by atoms with E-state index in [4.69, 9.17) is 12.2 Å². The highest BCUT2D eigenvalue weighted by Crippen LogP contribution is 2.07. The fraction of sp³-hybridized carbons (Fsp3) is 0.818. The molecule has 1 unspecified atom stereocenters. The molecule has 1 aromatic heterocycles. The van der Waals surface area contributed by atoms with Gasteiger partial charge in [0, 0.05) is 25.4 Å². The third kappa shape index (κ3) is 4.38. The van der Waals surface area contributed by atoms with Gasteiger partial charge in [0.05, 0.1) is 4.99 Å². The molecular weight excluding hydrogens is 234 g/mol. The number of hydrogen-bond donors (Lipinski definition) is 1. The molecule has 0 radical (unpaired) electrons. The molecule has 1 N–H and O–H groups in total. The van der Waals surface area contributed by atoms with Crippen LogP contribution in [0.2, 0.25) is 0 Å². The highest BCUT2D eigenvalue weighted by Gasteiger charge is 2.13. The van der Waals surface area contributed by atoms with E-state index in [9.17, 15) is 0 Å². The van der Waals surface area contributed by atoms with Crippen LogP contribution in [0, 0.1) is 5.92 Å². The van der Waals surface area contributed by atoms with Gasteiger partial charge in [0.2, 0.25) is 0 Å². The molecule has 17 heavy (non-hydrogen) atoms. The Morgan fingerprint density at radius 2 is 2.24 bits per heavy atom. The molecule has 0 aromatic carbocycles. The highest BCUT2D eigenvalue weighted by molar-refractivity contribution is 7.80. The number of aryl methyl sites for hydroxylation is 1. The summed E-state index contributed by atoms with van der Waals surface area (Å²) in [5.74, 6) is 1.20. The van der Waals surface area contributed by atoms with Crippen molar-refractivity contribution < 1.29 is 0 Å². The van der Waals surface area contributed by atoms with Crippen LogP contribution in [0.5, 0.6) is 0 Å². The second-order valence-electron chi connectivity index (χ2n) is 4.17. The number of nitrogens with zero attached hydrogens (tertiary/aromatic N) is 4. The van der Waals surface area contributed by atoms with Crippen molar-refractivity contribution in [1.82, 2.24) is 25.5 Å². The van der Waals surface area contributed by atoms with Crippen molar-refractivity contribution in [3.63, 3.8) is 0 Å². The summed E-state index contributed by atoms with van der Waals surface area (Å²) in [6.07, 6.45) is 3.04. The van der Waals surface area contributed by atoms with Gasteiger partial charge in [-0.3, -0.25) is 0 Å². The lowest BCUT2D eigenvalue weighted by Gasteiger charge is -2.13. The quantitative estimate of drug-likeness (QED) is 0.750. The van der Waals surface area contributed by atoms with Gasteiger partial charge in [-0.25, -0.2) is 4.68 Å². The molecule has 1 rings (SSSR count). The average molecular weight is 255 g/mol. The Balaban J connectivity index is 2.55. The van der Waals surface area contributed by atoms with E-state index < -0.39 is 0 Å². The van der Waals surface area contributed by atoms with Gasteiger partial charge in [0.1, 0.15) is 0 Å². The zero-order valence-electron chi connectivity index (χ0n) is 10.8. The van der Waals surface area contributed by atoms with E-state index in [2.05, 4.69) is 34.7 Å². The maximum Gasteiger partial charge on any atom is 0.151 e. The Labute approximate surface area is 108 Å². The van der Waals surface area contributed by atoms with Crippen LogP contribution < -0.4 is 5.32 Å². The van der Waals surface area contributed by atoms with Gasteiger partial charge in [-0.05, 0) is 23.8 Å². The number of rotatable bonds is 7. The molecule has 0 fully saturated rings. The Morgan fingerprint density at radius 1 is 1.47 bits per heavy atom. The molecule has 0 aliphatic carbocycles. The predicted octanol–water partition coefficient (Wildman–Crippen LogP) is 1.59. The van der Waals surface area contributed by atoms with Gasteiger partial charge >= 0.3 is 0 Å². The van der Waals surface area contributed by atoms with Crippen LogP contribution in [-0.2, 0) is 13.0 Å². The number of thiocarbonyl (C=S) groups is 1. The standard InChI is InChI=1S/C11H21N5S/c1-4-6-7-16-10(13-14-15-16)8-9(3)11(17)12-5-2/h9H,4-8H2,1-3H3,(H,12,17). The molecule has 1 atom stereocenters. The van der Waals surface area contributed by atoms with E-state index in [0.29, 0.717) is 0 Å². The largest absolute Gasteiger partial charge is 0.380 e. The Kier molecular flexibility index (Phi) is 6.04. The summed E-state index contributed by atoms with van der Waals surface area (Å²) in [4.78, 5) is 0.887. The number of hydrogen-bond acceptors (Lipinski definition) is 4. The highest BCUT2D eigenvalue weighted by atomic mass is 32.1. The Bertz CT molecular complexity index is 349. The van der Waals surface area contributed by atoms with E-state index in [1.54, 1.807) is 0 Å². The van der Waals surface area contributed by atoms with Crippen LogP contribution in [-0.4, -0.2) is 31.7 Å². The van der Waals surface area contributed by atoms with Gasteiger partial charge < -0.3 is 5.32 Å². The summed E-state index contributed by atoms with van der Waals surface area (Å²) in [6, 6.07) is 0. The summed E-state index contributed by atoms with van der Waals surface area (Å²) in [6.45, 7) is 8.06. The van der Waals surface area contributed by atoms with Gasteiger partial charge in [0.15, 0.2) is 5.82 Å². The second kappa shape index (κ2) is 7.32. The van der Waals surface area contributed by atoms with E-state index in [0.717, 1.165) is 43.2 Å². The monoisotopic (exact) mass is 255 g/mol. The lowest BCUT2D eigenvalue weighted by atomic mass is 10.1. The molecule has 1 aromatic rings. The van der Waals surface area contributed by atoms with Crippen molar-refractivity contribution in [2.75, 3.05) is 6.54 Å². The topological polar surface area (TPSA) is 55.6 Å². The minimum atomic E-state index is 0.274. The van der Waals surface area contributed by atoms with Crippen molar-refractivity contribution in [1.29, 1.82) is 0 Å². The number of unbranched alkanes of at least 4 members (excludes halogenated alkanes) is 1. The van der Waals surface area contributed by atoms with E-state index in [1.807, 2.05) is 11.6 Å². The SMILES string of the molecule is CCCCn1nnnc1CC(C)C(=S)NCC. The summed E-state index contributed by atoms with van der Waals surface area (Å²) >= 11 is 5.29. The first-order valence-corrected chi connectivity index (χ1v) is 6.62. The summed E-state index contributed by atoms with van der Waals surface area (Å²) < 4.78 is 1.88. The minimum Gasteiger partial charge on any atom is -0.380 e. The predicted molar refractivity (Wildman–Crippen MR) is 71.9 cm³/mol. The van der Waals surface area contributed by atoms with E-state index in [1.165, 1.54) is 0 Å². The minimum absolute atomic E-state index is 0.274. The van der Waals surface area contributed by atoms with E-state index >= 15 is 0 Å². The number of tetrazole rings is 1. The van der Waals surface area contributed by atoms with Crippen LogP contribution in [0.3, 0.4) is 0 Å². The maximum atomic E-state index is 5.29. The lowest BCUT2D eigenvalue weighted by molar-refractivity contribution is 0.522. The van der Waals surface area contributed by atoms with Crippen LogP contribution in [0.25, 0.3) is 0 Å². The van der Waals surface area contributed by atoms with Crippen LogP contribution in [0.15, 0.2) is 0 Å². The fourth-order valence-corrected chi connectivity index (χ4v) is 1.79. The fourth-order valence-electron chi connectivity index (χ4n) is 1.57. The van der Waals surface area contributed by atoms with Crippen molar-refractivity contribution in [3.05, 3.63) is 5.82 Å². The number of aromatic nitrogens is 4.